The van der Waals surface area contributed by atoms with Crippen molar-refractivity contribution in [2.45, 2.75) is 39.0 Å². The molecule has 0 atom stereocenters. The van der Waals surface area contributed by atoms with Gasteiger partial charge in [0.1, 0.15) is 0 Å². The van der Waals surface area contributed by atoms with Crippen LogP contribution in [0.25, 0.3) is 17.4 Å². The van der Waals surface area contributed by atoms with Gasteiger partial charge < -0.3 is 9.73 Å². The summed E-state index contributed by atoms with van der Waals surface area (Å²) in [6.45, 7) is 7.03. The molecule has 160 valence electrons. The molecule has 4 rings (SSSR count). The molecule has 0 fully saturated rings. The van der Waals surface area contributed by atoms with E-state index in [4.69, 9.17) is 4.42 Å². The predicted octanol–water partition coefficient (Wildman–Crippen LogP) is 3.16. The summed E-state index contributed by atoms with van der Waals surface area (Å²) in [6.07, 6.45) is 3.35. The van der Waals surface area contributed by atoms with Gasteiger partial charge in [-0.3, -0.25) is 9.36 Å². The lowest BCUT2D eigenvalue weighted by Crippen LogP contribution is -2.24. The minimum absolute atomic E-state index is 0.0853. The molecule has 0 spiro atoms. The fourth-order valence-corrected chi connectivity index (χ4v) is 3.99. The third-order valence-corrected chi connectivity index (χ3v) is 5.60. The van der Waals surface area contributed by atoms with Gasteiger partial charge in [-0.2, -0.15) is 5.10 Å². The summed E-state index contributed by atoms with van der Waals surface area (Å²) in [5, 5.41) is 16.4. The van der Waals surface area contributed by atoms with Crippen LogP contribution in [0.2, 0.25) is 0 Å². The van der Waals surface area contributed by atoms with E-state index in [9.17, 15) is 4.79 Å². The first-order valence-electron chi connectivity index (χ1n) is 9.90. The maximum atomic E-state index is 12.3. The number of pyridine rings is 1. The zero-order valence-corrected chi connectivity index (χ0v) is 18.4. The molecule has 1 N–H and O–H groups in total. The molecule has 0 bridgehead atoms. The van der Waals surface area contributed by atoms with E-state index in [1.54, 1.807) is 17.1 Å². The molecule has 0 radical (unpaired) electrons. The van der Waals surface area contributed by atoms with Crippen molar-refractivity contribution in [3.8, 4) is 17.4 Å². The number of aromatic nitrogens is 6. The fraction of sp³-hybridized carbons (Fsp3) is 0.286. The Labute approximate surface area is 183 Å². The molecule has 4 aromatic rings. The van der Waals surface area contributed by atoms with Gasteiger partial charge in [-0.1, -0.05) is 17.8 Å². The van der Waals surface area contributed by atoms with Crippen LogP contribution < -0.4 is 5.32 Å². The average molecular weight is 438 g/mol. The van der Waals surface area contributed by atoms with Crippen LogP contribution >= 0.6 is 11.8 Å². The molecule has 0 aliphatic carbocycles. The highest BCUT2D eigenvalue weighted by molar-refractivity contribution is 7.99. The molecular weight excluding hydrogens is 414 g/mol. The van der Waals surface area contributed by atoms with E-state index in [1.165, 1.54) is 11.8 Å². The molecule has 0 aliphatic heterocycles. The van der Waals surface area contributed by atoms with Gasteiger partial charge in [0.05, 0.1) is 17.7 Å². The first kappa shape index (κ1) is 20.9. The van der Waals surface area contributed by atoms with Crippen molar-refractivity contribution >= 4 is 17.7 Å². The molecule has 4 aromatic heterocycles. The highest BCUT2D eigenvalue weighted by Gasteiger charge is 2.16. The minimum Gasteiger partial charge on any atom is -0.461 e. The van der Waals surface area contributed by atoms with Crippen LogP contribution in [0.3, 0.4) is 0 Å². The maximum absolute atomic E-state index is 12.3. The van der Waals surface area contributed by atoms with Gasteiger partial charge >= 0.3 is 0 Å². The summed E-state index contributed by atoms with van der Waals surface area (Å²) < 4.78 is 9.14. The SMILES string of the molecule is CCn1c(SCC(=O)NCc2ccc(-n3nc(C)cc3C)nc2)nnc1-c1ccco1. The third kappa shape index (κ3) is 4.69. The smallest absolute Gasteiger partial charge is 0.230 e. The lowest BCUT2D eigenvalue weighted by atomic mass is 10.3. The summed E-state index contributed by atoms with van der Waals surface area (Å²) in [7, 11) is 0. The number of amides is 1. The van der Waals surface area contributed by atoms with E-state index in [0.717, 1.165) is 22.8 Å². The number of nitrogens with one attached hydrogen (secondary N) is 1. The first-order chi connectivity index (χ1) is 15.0. The third-order valence-electron chi connectivity index (χ3n) is 4.63. The monoisotopic (exact) mass is 437 g/mol. The second-order valence-electron chi connectivity index (χ2n) is 6.96. The Bertz CT molecular complexity index is 1160. The maximum Gasteiger partial charge on any atom is 0.230 e. The molecule has 31 heavy (non-hydrogen) atoms. The van der Waals surface area contributed by atoms with E-state index in [0.29, 0.717) is 29.8 Å². The normalized spacial score (nSPS) is 11.1. The van der Waals surface area contributed by atoms with Crippen LogP contribution in [0, 0.1) is 13.8 Å². The van der Waals surface area contributed by atoms with Crippen LogP contribution in [0.1, 0.15) is 23.9 Å². The summed E-state index contributed by atoms with van der Waals surface area (Å²) in [5.74, 6) is 2.22. The van der Waals surface area contributed by atoms with Crippen molar-refractivity contribution in [1.29, 1.82) is 0 Å². The van der Waals surface area contributed by atoms with Gasteiger partial charge in [0.15, 0.2) is 22.6 Å². The van der Waals surface area contributed by atoms with Crippen LogP contribution in [0.5, 0.6) is 0 Å². The van der Waals surface area contributed by atoms with Crippen LogP contribution in [-0.4, -0.2) is 41.2 Å². The van der Waals surface area contributed by atoms with E-state index in [2.05, 4.69) is 25.6 Å². The summed E-state index contributed by atoms with van der Waals surface area (Å²) >= 11 is 1.35. The van der Waals surface area contributed by atoms with Gasteiger partial charge in [-0.05, 0) is 50.6 Å². The second kappa shape index (κ2) is 9.17. The number of thioether (sulfide) groups is 1. The first-order valence-corrected chi connectivity index (χ1v) is 10.9. The number of nitrogens with zero attached hydrogens (tertiary/aromatic N) is 6. The van der Waals surface area contributed by atoms with Crippen molar-refractivity contribution in [2.24, 2.45) is 0 Å². The quantitative estimate of drug-likeness (QED) is 0.422. The Morgan fingerprint density at radius 3 is 2.74 bits per heavy atom. The standard InChI is InChI=1S/C21H23N7O2S/c1-4-27-20(17-6-5-9-30-17)24-25-21(27)31-13-19(29)23-12-16-7-8-18(22-11-16)28-15(3)10-14(2)26-28/h5-11H,4,12-13H2,1-3H3,(H,23,29). The zero-order valence-electron chi connectivity index (χ0n) is 17.6. The van der Waals surface area contributed by atoms with E-state index in [1.807, 2.05) is 55.7 Å². The number of rotatable bonds is 8. The number of hydrogen-bond acceptors (Lipinski definition) is 7. The topological polar surface area (TPSA) is 104 Å². The van der Waals surface area contributed by atoms with Crippen molar-refractivity contribution in [1.82, 2.24) is 34.8 Å². The van der Waals surface area contributed by atoms with Gasteiger partial charge in [-0.15, -0.1) is 10.2 Å². The average Bonchev–Trinajstić information content (AvgIpc) is 3.50. The molecule has 0 saturated carbocycles. The number of hydrogen-bond donors (Lipinski definition) is 1. The number of carbonyl (C=O) groups excluding carboxylic acids is 1. The molecule has 1 amide bonds. The minimum atomic E-state index is -0.0853. The van der Waals surface area contributed by atoms with Crippen molar-refractivity contribution in [3.63, 3.8) is 0 Å². The number of carbonyl (C=O) groups is 1. The summed E-state index contributed by atoms with van der Waals surface area (Å²) in [5.41, 5.74) is 2.89. The Morgan fingerprint density at radius 1 is 1.23 bits per heavy atom. The van der Waals surface area contributed by atoms with Crippen molar-refractivity contribution < 1.29 is 9.21 Å². The molecule has 0 unspecified atom stereocenters. The molecule has 0 saturated heterocycles. The highest BCUT2D eigenvalue weighted by Crippen LogP contribution is 2.24. The molecule has 0 aliphatic rings. The Hall–Kier alpha value is -3.40. The Morgan fingerprint density at radius 2 is 2.10 bits per heavy atom. The van der Waals surface area contributed by atoms with E-state index >= 15 is 0 Å². The predicted molar refractivity (Wildman–Crippen MR) is 117 cm³/mol. The Kier molecular flexibility index (Phi) is 6.17. The van der Waals surface area contributed by atoms with Gasteiger partial charge in [0, 0.05) is 25.0 Å². The lowest BCUT2D eigenvalue weighted by molar-refractivity contribution is -0.118. The van der Waals surface area contributed by atoms with Crippen LogP contribution in [0.4, 0.5) is 0 Å². The number of furan rings is 1. The summed E-state index contributed by atoms with van der Waals surface area (Å²) in [6, 6.07) is 9.49. The number of aryl methyl sites for hydroxylation is 2. The lowest BCUT2D eigenvalue weighted by Gasteiger charge is -2.08. The largest absolute Gasteiger partial charge is 0.461 e. The van der Waals surface area contributed by atoms with Crippen molar-refractivity contribution in [2.75, 3.05) is 5.75 Å². The van der Waals surface area contributed by atoms with Crippen molar-refractivity contribution in [3.05, 3.63) is 59.7 Å². The summed E-state index contributed by atoms with van der Waals surface area (Å²) in [4.78, 5) is 16.8. The van der Waals surface area contributed by atoms with Crippen LogP contribution in [-0.2, 0) is 17.9 Å². The van der Waals surface area contributed by atoms with Gasteiger partial charge in [0.2, 0.25) is 5.91 Å². The molecule has 0 aromatic carbocycles. The van der Waals surface area contributed by atoms with Gasteiger partial charge in [0.25, 0.3) is 0 Å². The second-order valence-corrected chi connectivity index (χ2v) is 7.90. The molecule has 9 nitrogen and oxygen atoms in total. The molecule has 10 heteroatoms. The van der Waals surface area contributed by atoms with E-state index in [-0.39, 0.29) is 11.7 Å². The molecule has 4 heterocycles. The fourth-order valence-electron chi connectivity index (χ4n) is 3.16. The van der Waals surface area contributed by atoms with E-state index < -0.39 is 0 Å². The highest BCUT2D eigenvalue weighted by atomic mass is 32.2. The van der Waals surface area contributed by atoms with Crippen LogP contribution in [0.15, 0.2) is 52.4 Å². The Balaban J connectivity index is 1.31. The zero-order chi connectivity index (χ0) is 21.8. The molecular formula is C21H23N7O2S. The van der Waals surface area contributed by atoms with Gasteiger partial charge in [-0.25, -0.2) is 9.67 Å².